The number of hydrogen-bond donors (Lipinski definition) is 0. The third-order valence-electron chi connectivity index (χ3n) is 5.33. The van der Waals surface area contributed by atoms with Crippen LogP contribution in [0.1, 0.15) is 27.6 Å². The molecule has 0 saturated carbocycles. The summed E-state index contributed by atoms with van der Waals surface area (Å²) in [5.74, 6) is -1.02. The SMILES string of the molecule is C[C@H](C(=O)N1CCN(c2cccc(Cl)c2)CC1)N1C(=O)c2ccccc2C1=O. The standard InChI is InChI=1S/C21H20ClN3O3/c1-14(25-20(27)17-7-2-3-8-18(17)21(25)28)19(26)24-11-9-23(10-12-24)16-6-4-5-15(22)13-16/h2-8,13-14H,9-12H2,1H3/t14-/m1/s1. The number of carbonyl (C=O) groups excluding carboxylic acids is 3. The van der Waals surface area contributed by atoms with Gasteiger partial charge in [0.1, 0.15) is 6.04 Å². The van der Waals surface area contributed by atoms with Crippen LogP contribution in [0.2, 0.25) is 5.02 Å². The average Bonchev–Trinajstić information content (AvgIpc) is 2.98. The van der Waals surface area contributed by atoms with E-state index in [0.29, 0.717) is 42.3 Å². The smallest absolute Gasteiger partial charge is 0.262 e. The molecule has 7 heteroatoms. The molecule has 0 radical (unpaired) electrons. The monoisotopic (exact) mass is 397 g/mol. The van der Waals surface area contributed by atoms with E-state index in [1.54, 1.807) is 36.1 Å². The summed E-state index contributed by atoms with van der Waals surface area (Å²) in [5.41, 5.74) is 1.74. The summed E-state index contributed by atoms with van der Waals surface area (Å²) in [6.07, 6.45) is 0. The second kappa shape index (κ2) is 7.28. The lowest BCUT2D eigenvalue weighted by molar-refractivity contribution is -0.135. The summed E-state index contributed by atoms with van der Waals surface area (Å²) in [7, 11) is 0. The molecule has 0 unspecified atom stereocenters. The van der Waals surface area contributed by atoms with Crippen molar-refractivity contribution in [3.63, 3.8) is 0 Å². The zero-order valence-electron chi connectivity index (χ0n) is 15.5. The van der Waals surface area contributed by atoms with Crippen LogP contribution in [0.4, 0.5) is 5.69 Å². The summed E-state index contributed by atoms with van der Waals surface area (Å²) >= 11 is 6.06. The number of imide groups is 1. The Bertz CT molecular complexity index is 918. The zero-order valence-corrected chi connectivity index (χ0v) is 16.2. The number of benzene rings is 2. The van der Waals surface area contributed by atoms with Gasteiger partial charge in [-0.25, -0.2) is 0 Å². The summed E-state index contributed by atoms with van der Waals surface area (Å²) in [6.45, 7) is 4.01. The van der Waals surface area contributed by atoms with E-state index >= 15 is 0 Å². The van der Waals surface area contributed by atoms with E-state index in [-0.39, 0.29) is 5.91 Å². The molecule has 2 aliphatic rings. The maximum absolute atomic E-state index is 13.0. The minimum Gasteiger partial charge on any atom is -0.368 e. The van der Waals surface area contributed by atoms with E-state index < -0.39 is 17.9 Å². The van der Waals surface area contributed by atoms with Gasteiger partial charge in [-0.2, -0.15) is 0 Å². The lowest BCUT2D eigenvalue weighted by atomic mass is 10.1. The molecule has 3 amide bonds. The summed E-state index contributed by atoms with van der Waals surface area (Å²) in [4.78, 5) is 43.2. The van der Waals surface area contributed by atoms with Crippen molar-refractivity contribution in [1.29, 1.82) is 0 Å². The fourth-order valence-corrected chi connectivity index (χ4v) is 3.98. The molecule has 2 aromatic carbocycles. The first-order valence-corrected chi connectivity index (χ1v) is 9.61. The first kappa shape index (κ1) is 18.5. The van der Waals surface area contributed by atoms with E-state index in [1.165, 1.54) is 0 Å². The van der Waals surface area contributed by atoms with Crippen LogP contribution in [0.25, 0.3) is 0 Å². The third-order valence-corrected chi connectivity index (χ3v) is 5.57. The Hall–Kier alpha value is -2.86. The minimum absolute atomic E-state index is 0.208. The average molecular weight is 398 g/mol. The molecule has 4 rings (SSSR count). The Morgan fingerprint density at radius 3 is 2.11 bits per heavy atom. The Labute approximate surface area is 168 Å². The van der Waals surface area contributed by atoms with Gasteiger partial charge in [0.15, 0.2) is 0 Å². The van der Waals surface area contributed by atoms with Gasteiger partial charge in [-0.15, -0.1) is 0 Å². The van der Waals surface area contributed by atoms with Gasteiger partial charge in [-0.05, 0) is 37.3 Å². The topological polar surface area (TPSA) is 60.9 Å². The number of carbonyl (C=O) groups is 3. The Balaban J connectivity index is 1.43. The molecular weight excluding hydrogens is 378 g/mol. The first-order valence-electron chi connectivity index (χ1n) is 9.23. The van der Waals surface area contributed by atoms with E-state index in [0.717, 1.165) is 10.6 Å². The second-order valence-electron chi connectivity index (χ2n) is 6.99. The molecule has 0 bridgehead atoms. The summed E-state index contributed by atoms with van der Waals surface area (Å²) in [5, 5.41) is 0.676. The van der Waals surface area contributed by atoms with Crippen LogP contribution in [0.3, 0.4) is 0 Å². The van der Waals surface area contributed by atoms with Gasteiger partial charge in [0.25, 0.3) is 11.8 Å². The second-order valence-corrected chi connectivity index (χ2v) is 7.43. The molecule has 144 valence electrons. The van der Waals surface area contributed by atoms with Gasteiger partial charge in [-0.1, -0.05) is 29.8 Å². The highest BCUT2D eigenvalue weighted by Crippen LogP contribution is 2.26. The van der Waals surface area contributed by atoms with Crippen LogP contribution in [0, 0.1) is 0 Å². The Morgan fingerprint density at radius 2 is 1.54 bits per heavy atom. The van der Waals surface area contributed by atoms with Crippen molar-refractivity contribution in [2.24, 2.45) is 0 Å². The number of amides is 3. The predicted molar refractivity (Wildman–Crippen MR) is 107 cm³/mol. The number of piperazine rings is 1. The van der Waals surface area contributed by atoms with Crippen molar-refractivity contribution in [3.8, 4) is 0 Å². The largest absolute Gasteiger partial charge is 0.368 e. The third kappa shape index (κ3) is 3.14. The molecule has 2 aromatic rings. The van der Waals surface area contributed by atoms with Crippen LogP contribution >= 0.6 is 11.6 Å². The van der Waals surface area contributed by atoms with Crippen molar-refractivity contribution in [2.75, 3.05) is 31.1 Å². The normalized spacial score (nSPS) is 17.7. The summed E-state index contributed by atoms with van der Waals surface area (Å²) < 4.78 is 0. The quantitative estimate of drug-likeness (QED) is 0.747. The van der Waals surface area contributed by atoms with Gasteiger partial charge in [0.05, 0.1) is 11.1 Å². The summed E-state index contributed by atoms with van der Waals surface area (Å²) in [6, 6.07) is 13.5. The number of halogens is 1. The number of fused-ring (bicyclic) bond motifs is 1. The highest BCUT2D eigenvalue weighted by atomic mass is 35.5. The van der Waals surface area contributed by atoms with Crippen molar-refractivity contribution in [2.45, 2.75) is 13.0 Å². The molecule has 0 aromatic heterocycles. The number of hydrogen-bond acceptors (Lipinski definition) is 4. The Kier molecular flexibility index (Phi) is 4.81. The molecule has 0 aliphatic carbocycles. The highest BCUT2D eigenvalue weighted by molar-refractivity contribution is 6.30. The predicted octanol–water partition coefficient (Wildman–Crippen LogP) is 2.67. The molecule has 1 fully saturated rings. The van der Waals surface area contributed by atoms with Crippen molar-refractivity contribution in [3.05, 3.63) is 64.7 Å². The number of anilines is 1. The molecule has 1 atom stereocenters. The van der Waals surface area contributed by atoms with Gasteiger partial charge in [0, 0.05) is 36.9 Å². The molecule has 0 N–H and O–H groups in total. The maximum Gasteiger partial charge on any atom is 0.262 e. The van der Waals surface area contributed by atoms with Crippen LogP contribution in [0.5, 0.6) is 0 Å². The molecule has 6 nitrogen and oxygen atoms in total. The maximum atomic E-state index is 13.0. The van der Waals surface area contributed by atoms with Crippen molar-refractivity contribution in [1.82, 2.24) is 9.80 Å². The van der Waals surface area contributed by atoms with E-state index in [2.05, 4.69) is 4.90 Å². The lowest BCUT2D eigenvalue weighted by Gasteiger charge is -2.38. The van der Waals surface area contributed by atoms with Gasteiger partial charge in [0.2, 0.25) is 5.91 Å². The number of rotatable bonds is 3. The van der Waals surface area contributed by atoms with E-state index in [9.17, 15) is 14.4 Å². The van der Waals surface area contributed by atoms with Crippen molar-refractivity contribution < 1.29 is 14.4 Å². The van der Waals surface area contributed by atoms with E-state index in [4.69, 9.17) is 11.6 Å². The van der Waals surface area contributed by atoms with Crippen LogP contribution in [-0.2, 0) is 4.79 Å². The van der Waals surface area contributed by atoms with Crippen LogP contribution in [0.15, 0.2) is 48.5 Å². The van der Waals surface area contributed by atoms with Gasteiger partial charge >= 0.3 is 0 Å². The molecule has 2 aliphatic heterocycles. The highest BCUT2D eigenvalue weighted by Gasteiger charge is 2.42. The van der Waals surface area contributed by atoms with Gasteiger partial charge < -0.3 is 9.80 Å². The fourth-order valence-electron chi connectivity index (χ4n) is 3.79. The van der Waals surface area contributed by atoms with Crippen molar-refractivity contribution >= 4 is 35.0 Å². The molecule has 2 heterocycles. The molecule has 1 saturated heterocycles. The van der Waals surface area contributed by atoms with Gasteiger partial charge in [-0.3, -0.25) is 19.3 Å². The number of nitrogens with zero attached hydrogens (tertiary/aromatic N) is 3. The molecular formula is C21H20ClN3O3. The molecule has 0 spiro atoms. The van der Waals surface area contributed by atoms with E-state index in [1.807, 2.05) is 24.3 Å². The fraction of sp³-hybridized carbons (Fsp3) is 0.286. The van der Waals surface area contributed by atoms with Crippen LogP contribution in [-0.4, -0.2) is 59.7 Å². The zero-order chi connectivity index (χ0) is 19.8. The minimum atomic E-state index is -0.829. The first-order chi connectivity index (χ1) is 13.5. The lowest BCUT2D eigenvalue weighted by Crippen LogP contribution is -2.55. The Morgan fingerprint density at radius 1 is 0.929 bits per heavy atom. The molecule has 28 heavy (non-hydrogen) atoms. The van der Waals surface area contributed by atoms with Crippen LogP contribution < -0.4 is 4.90 Å².